The number of fused-ring (bicyclic) bond motifs is 1. The summed E-state index contributed by atoms with van der Waals surface area (Å²) in [6.45, 7) is 8.92. The summed E-state index contributed by atoms with van der Waals surface area (Å²) in [5, 5.41) is 14.0. The second-order valence-corrected chi connectivity index (χ2v) is 10.1. The lowest BCUT2D eigenvalue weighted by Crippen LogP contribution is -2.53. The Morgan fingerprint density at radius 1 is 1.28 bits per heavy atom. The van der Waals surface area contributed by atoms with Gasteiger partial charge in [-0.05, 0) is 56.8 Å². The summed E-state index contributed by atoms with van der Waals surface area (Å²) in [6.07, 6.45) is 2.28. The van der Waals surface area contributed by atoms with Crippen molar-refractivity contribution in [3.63, 3.8) is 0 Å². The molecule has 4 atom stereocenters. The van der Waals surface area contributed by atoms with Crippen LogP contribution in [0.3, 0.4) is 0 Å². The maximum absolute atomic E-state index is 13.3. The molecule has 1 aromatic heterocycles. The predicted molar refractivity (Wildman–Crippen MR) is 131 cm³/mol. The van der Waals surface area contributed by atoms with E-state index in [9.17, 15) is 19.5 Å². The molecule has 10 nitrogen and oxygen atoms in total. The molecule has 1 aliphatic carbocycles. The lowest BCUT2D eigenvalue weighted by Gasteiger charge is -2.28. The fourth-order valence-electron chi connectivity index (χ4n) is 4.48. The highest BCUT2D eigenvalue weighted by molar-refractivity contribution is 5.94. The Balaban J connectivity index is 1.57. The molecule has 0 bridgehead atoms. The Morgan fingerprint density at radius 2 is 2.03 bits per heavy atom. The fourth-order valence-corrected chi connectivity index (χ4v) is 4.48. The third-order valence-electron chi connectivity index (χ3n) is 6.43. The zero-order chi connectivity index (χ0) is 26.3. The third-order valence-corrected chi connectivity index (χ3v) is 6.43. The summed E-state index contributed by atoms with van der Waals surface area (Å²) in [7, 11) is 1.59. The van der Waals surface area contributed by atoms with E-state index in [-0.39, 0.29) is 25.3 Å². The summed E-state index contributed by atoms with van der Waals surface area (Å²) in [5.41, 5.74) is -2.19. The molecule has 4 unspecified atom stereocenters. The molecule has 2 aliphatic rings. The Kier molecular flexibility index (Phi) is 6.55. The summed E-state index contributed by atoms with van der Waals surface area (Å²) < 4.78 is 17.0. The smallest absolute Gasteiger partial charge is 0.411 e. The Bertz CT molecular complexity index is 1210. The van der Waals surface area contributed by atoms with Crippen molar-refractivity contribution in [2.45, 2.75) is 56.9 Å². The number of carbonyl (C=O) groups is 3. The van der Waals surface area contributed by atoms with E-state index >= 15 is 0 Å². The van der Waals surface area contributed by atoms with Crippen LogP contribution in [0.1, 0.15) is 33.6 Å². The number of rotatable bonds is 7. The quantitative estimate of drug-likeness (QED) is 0.559. The SMILES string of the molecule is C=CC1CC1(NC(=O)C1CC(Oc2nccc3cc(OC)ccc23)CN1C(=O)OC(C)(C)C)C(=O)O. The van der Waals surface area contributed by atoms with E-state index in [0.717, 1.165) is 10.8 Å². The average molecular weight is 498 g/mol. The molecule has 1 saturated heterocycles. The summed E-state index contributed by atoms with van der Waals surface area (Å²) in [5.74, 6) is -1.03. The summed E-state index contributed by atoms with van der Waals surface area (Å²) in [4.78, 5) is 43.8. The van der Waals surface area contributed by atoms with E-state index < -0.39 is 41.3 Å². The zero-order valence-electron chi connectivity index (χ0n) is 20.8. The van der Waals surface area contributed by atoms with Gasteiger partial charge in [0.15, 0.2) is 0 Å². The van der Waals surface area contributed by atoms with Gasteiger partial charge in [-0.25, -0.2) is 14.6 Å². The number of pyridine rings is 1. The van der Waals surface area contributed by atoms with E-state index in [1.807, 2.05) is 18.2 Å². The van der Waals surface area contributed by atoms with Gasteiger partial charge >= 0.3 is 12.1 Å². The molecule has 0 spiro atoms. The zero-order valence-corrected chi connectivity index (χ0v) is 20.8. The van der Waals surface area contributed by atoms with Crippen LogP contribution in [-0.4, -0.2) is 69.9 Å². The van der Waals surface area contributed by atoms with Crippen LogP contribution < -0.4 is 14.8 Å². The van der Waals surface area contributed by atoms with Crippen molar-refractivity contribution in [2.75, 3.05) is 13.7 Å². The molecule has 36 heavy (non-hydrogen) atoms. The molecule has 1 aliphatic heterocycles. The van der Waals surface area contributed by atoms with Gasteiger partial charge in [0, 0.05) is 23.9 Å². The maximum atomic E-state index is 13.3. The van der Waals surface area contributed by atoms with Crippen molar-refractivity contribution < 1.29 is 33.7 Å². The van der Waals surface area contributed by atoms with Crippen molar-refractivity contribution in [2.24, 2.45) is 5.92 Å². The van der Waals surface area contributed by atoms with E-state index in [2.05, 4.69) is 16.9 Å². The number of hydrogen-bond donors (Lipinski definition) is 2. The second kappa shape index (κ2) is 9.33. The van der Waals surface area contributed by atoms with Crippen molar-refractivity contribution >= 4 is 28.7 Å². The van der Waals surface area contributed by atoms with Gasteiger partial charge in [-0.1, -0.05) is 6.08 Å². The second-order valence-electron chi connectivity index (χ2n) is 10.1. The minimum Gasteiger partial charge on any atom is -0.497 e. The minimum absolute atomic E-state index is 0.0756. The molecular formula is C26H31N3O7. The maximum Gasteiger partial charge on any atom is 0.411 e. The monoisotopic (exact) mass is 497 g/mol. The van der Waals surface area contributed by atoms with Gasteiger partial charge in [-0.15, -0.1) is 6.58 Å². The van der Waals surface area contributed by atoms with E-state index in [0.29, 0.717) is 11.6 Å². The van der Waals surface area contributed by atoms with Gasteiger partial charge in [0.25, 0.3) is 0 Å². The van der Waals surface area contributed by atoms with Crippen LogP contribution in [0.15, 0.2) is 43.1 Å². The van der Waals surface area contributed by atoms with Gasteiger partial charge in [0.05, 0.1) is 13.7 Å². The van der Waals surface area contributed by atoms with Crippen LogP contribution in [0.5, 0.6) is 11.6 Å². The topological polar surface area (TPSA) is 127 Å². The number of carboxylic acid groups (broad SMARTS) is 1. The number of carbonyl (C=O) groups excluding carboxylic acids is 2. The number of benzene rings is 1. The van der Waals surface area contributed by atoms with Crippen LogP contribution in [0.25, 0.3) is 10.8 Å². The lowest BCUT2D eigenvalue weighted by atomic mass is 10.1. The summed E-state index contributed by atoms with van der Waals surface area (Å²) in [6, 6.07) is 6.35. The lowest BCUT2D eigenvalue weighted by molar-refractivity contribution is -0.144. The van der Waals surface area contributed by atoms with E-state index in [1.54, 1.807) is 40.1 Å². The van der Waals surface area contributed by atoms with Crippen molar-refractivity contribution in [1.29, 1.82) is 0 Å². The van der Waals surface area contributed by atoms with Gasteiger partial charge in [-0.3, -0.25) is 9.69 Å². The number of nitrogens with zero attached hydrogens (tertiary/aromatic N) is 2. The number of likely N-dealkylation sites (tertiary alicyclic amines) is 1. The molecule has 192 valence electrons. The third kappa shape index (κ3) is 4.93. The number of hydrogen-bond acceptors (Lipinski definition) is 7. The van der Waals surface area contributed by atoms with E-state index in [4.69, 9.17) is 14.2 Å². The number of aliphatic carboxylic acids is 1. The highest BCUT2D eigenvalue weighted by Gasteiger charge is 2.61. The van der Waals surface area contributed by atoms with Gasteiger partial charge < -0.3 is 24.6 Å². The standard InChI is InChI=1S/C26H31N3O7/c1-6-16-13-26(16,23(31)32)28-21(30)20-12-18(14-29(20)24(33)36-25(2,3)4)35-22-19-8-7-17(34-5)11-15(19)9-10-27-22/h6-11,16,18,20H,1,12-14H2,2-5H3,(H,28,30)(H,31,32). The molecule has 0 radical (unpaired) electrons. The first-order valence-corrected chi connectivity index (χ1v) is 11.7. The Morgan fingerprint density at radius 3 is 2.64 bits per heavy atom. The fraction of sp³-hybridized carbons (Fsp3) is 0.462. The highest BCUT2D eigenvalue weighted by atomic mass is 16.6. The first-order chi connectivity index (χ1) is 17.0. The first kappa shape index (κ1) is 25.3. The largest absolute Gasteiger partial charge is 0.497 e. The van der Waals surface area contributed by atoms with Crippen LogP contribution in [0, 0.1) is 5.92 Å². The molecule has 4 rings (SSSR count). The minimum atomic E-state index is -1.41. The molecule has 2 N–H and O–H groups in total. The molecule has 10 heteroatoms. The molecular weight excluding hydrogens is 466 g/mol. The van der Waals surface area contributed by atoms with Crippen LogP contribution in [0.4, 0.5) is 4.79 Å². The molecule has 2 heterocycles. The van der Waals surface area contributed by atoms with Crippen molar-refractivity contribution in [1.82, 2.24) is 15.2 Å². The number of aromatic nitrogens is 1. The Labute approximate surface area is 209 Å². The van der Waals surface area contributed by atoms with Crippen LogP contribution >= 0.6 is 0 Å². The molecule has 2 amide bonds. The molecule has 2 aromatic rings. The van der Waals surface area contributed by atoms with Gasteiger partial charge in [-0.2, -0.15) is 0 Å². The van der Waals surface area contributed by atoms with Gasteiger partial charge in [0.2, 0.25) is 11.8 Å². The molecule has 1 aromatic carbocycles. The van der Waals surface area contributed by atoms with Crippen molar-refractivity contribution in [3.05, 3.63) is 43.1 Å². The van der Waals surface area contributed by atoms with Gasteiger partial charge in [0.1, 0.15) is 29.0 Å². The van der Waals surface area contributed by atoms with Crippen LogP contribution in [0.2, 0.25) is 0 Å². The number of carboxylic acids is 1. The average Bonchev–Trinajstić information content (AvgIpc) is 3.37. The Hall–Kier alpha value is -3.82. The molecule has 1 saturated carbocycles. The summed E-state index contributed by atoms with van der Waals surface area (Å²) >= 11 is 0. The predicted octanol–water partition coefficient (Wildman–Crippen LogP) is 3.15. The molecule has 2 fully saturated rings. The highest BCUT2D eigenvalue weighted by Crippen LogP contribution is 2.45. The normalized spacial score (nSPS) is 25.2. The number of nitrogens with one attached hydrogen (secondary N) is 1. The number of methoxy groups -OCH3 is 1. The first-order valence-electron chi connectivity index (χ1n) is 11.7. The van der Waals surface area contributed by atoms with E-state index in [1.165, 1.54) is 11.0 Å². The van der Waals surface area contributed by atoms with Crippen molar-refractivity contribution in [3.8, 4) is 11.6 Å². The number of ether oxygens (including phenoxy) is 3. The number of amides is 2. The van der Waals surface area contributed by atoms with Crippen LogP contribution in [-0.2, 0) is 14.3 Å².